The third-order valence-electron chi connectivity index (χ3n) is 5.74. The first-order valence-corrected chi connectivity index (χ1v) is 12.9. The summed E-state index contributed by atoms with van der Waals surface area (Å²) >= 11 is 3.50. The Hall–Kier alpha value is -4.11. The van der Waals surface area contributed by atoms with Gasteiger partial charge in [-0.3, -0.25) is 14.5 Å². The number of carbonyl (C=O) groups is 3. The molecule has 8 nitrogen and oxygen atoms in total. The van der Waals surface area contributed by atoms with Crippen molar-refractivity contribution in [2.45, 2.75) is 27.3 Å². The van der Waals surface area contributed by atoms with Crippen molar-refractivity contribution < 1.29 is 23.9 Å². The molecule has 3 aromatic rings. The molecule has 0 radical (unpaired) electrons. The monoisotopic (exact) mass is 577 g/mol. The third kappa shape index (κ3) is 6.60. The standard InChI is InChI=1S/C29H28BrN3O5/c1-4-37-25-14-21(13-24-28(35)33(29(36)32-24)16-20-7-5-6-19(3)12-20)23(30)15-26(25)38-17-27(34)31-22-10-8-18(2)9-11-22/h5-15H,4,16-17H2,1-3H3,(H,31,34)(H,32,36)/b24-13+. The highest BCUT2D eigenvalue weighted by Crippen LogP contribution is 2.35. The van der Waals surface area contributed by atoms with Crippen LogP contribution >= 0.6 is 15.9 Å². The summed E-state index contributed by atoms with van der Waals surface area (Å²) in [7, 11) is 0. The summed E-state index contributed by atoms with van der Waals surface area (Å²) in [6.07, 6.45) is 1.58. The van der Waals surface area contributed by atoms with Crippen molar-refractivity contribution in [2.75, 3.05) is 18.5 Å². The number of aryl methyl sites for hydroxylation is 2. The lowest BCUT2D eigenvalue weighted by Crippen LogP contribution is -2.30. The van der Waals surface area contributed by atoms with Gasteiger partial charge in [-0.25, -0.2) is 4.79 Å². The molecule has 0 saturated carbocycles. The molecule has 3 aromatic carbocycles. The average molecular weight is 578 g/mol. The number of benzene rings is 3. The second-order valence-electron chi connectivity index (χ2n) is 8.82. The maximum Gasteiger partial charge on any atom is 0.329 e. The first kappa shape index (κ1) is 26.9. The Balaban J connectivity index is 1.48. The van der Waals surface area contributed by atoms with Gasteiger partial charge in [-0.2, -0.15) is 0 Å². The number of hydrogen-bond acceptors (Lipinski definition) is 5. The predicted molar refractivity (Wildman–Crippen MR) is 149 cm³/mol. The zero-order valence-electron chi connectivity index (χ0n) is 21.3. The number of hydrogen-bond donors (Lipinski definition) is 2. The van der Waals surface area contributed by atoms with E-state index in [2.05, 4.69) is 26.6 Å². The zero-order valence-corrected chi connectivity index (χ0v) is 22.9. The number of urea groups is 1. The topological polar surface area (TPSA) is 97.0 Å². The Morgan fingerprint density at radius 1 is 1.00 bits per heavy atom. The first-order chi connectivity index (χ1) is 18.2. The molecule has 0 unspecified atom stereocenters. The first-order valence-electron chi connectivity index (χ1n) is 12.1. The fourth-order valence-electron chi connectivity index (χ4n) is 3.88. The number of carbonyl (C=O) groups excluding carboxylic acids is 3. The summed E-state index contributed by atoms with van der Waals surface area (Å²) in [6.45, 7) is 6.08. The molecule has 9 heteroatoms. The van der Waals surface area contributed by atoms with Gasteiger partial charge in [0, 0.05) is 10.2 Å². The fourth-order valence-corrected chi connectivity index (χ4v) is 4.32. The van der Waals surface area contributed by atoms with Gasteiger partial charge in [0.05, 0.1) is 13.2 Å². The van der Waals surface area contributed by atoms with Crippen molar-refractivity contribution in [1.29, 1.82) is 0 Å². The molecule has 0 aromatic heterocycles. The number of nitrogens with zero attached hydrogens (tertiary/aromatic N) is 1. The van der Waals surface area contributed by atoms with E-state index in [9.17, 15) is 14.4 Å². The van der Waals surface area contributed by atoms with Gasteiger partial charge in [0.2, 0.25) is 0 Å². The Kier molecular flexibility index (Phi) is 8.48. The molecule has 1 fully saturated rings. The highest BCUT2D eigenvalue weighted by Gasteiger charge is 2.33. The van der Waals surface area contributed by atoms with Gasteiger partial charge in [-0.1, -0.05) is 63.5 Å². The van der Waals surface area contributed by atoms with E-state index in [4.69, 9.17) is 9.47 Å². The van der Waals surface area contributed by atoms with E-state index in [1.807, 2.05) is 69.3 Å². The van der Waals surface area contributed by atoms with Crippen LogP contribution in [0.2, 0.25) is 0 Å². The zero-order chi connectivity index (χ0) is 27.2. The van der Waals surface area contributed by atoms with Gasteiger partial charge in [0.25, 0.3) is 11.8 Å². The van der Waals surface area contributed by atoms with E-state index in [1.54, 1.807) is 18.2 Å². The van der Waals surface area contributed by atoms with Crippen LogP contribution in [0.5, 0.6) is 11.5 Å². The molecular weight excluding hydrogens is 550 g/mol. The number of imide groups is 1. The minimum atomic E-state index is -0.483. The van der Waals surface area contributed by atoms with Crippen LogP contribution in [0.1, 0.15) is 29.2 Å². The van der Waals surface area contributed by atoms with Gasteiger partial charge in [0.15, 0.2) is 18.1 Å². The molecule has 0 spiro atoms. The quantitative estimate of drug-likeness (QED) is 0.256. The molecule has 1 aliphatic rings. The van der Waals surface area contributed by atoms with Crippen LogP contribution < -0.4 is 20.1 Å². The van der Waals surface area contributed by atoms with Gasteiger partial charge >= 0.3 is 6.03 Å². The highest BCUT2D eigenvalue weighted by molar-refractivity contribution is 9.10. The predicted octanol–water partition coefficient (Wildman–Crippen LogP) is 5.58. The van der Waals surface area contributed by atoms with Crippen molar-refractivity contribution in [2.24, 2.45) is 0 Å². The third-order valence-corrected chi connectivity index (χ3v) is 6.43. The molecular formula is C29H28BrN3O5. The minimum absolute atomic E-state index is 0.150. The van der Waals surface area contributed by atoms with Crippen molar-refractivity contribution in [1.82, 2.24) is 10.2 Å². The lowest BCUT2D eigenvalue weighted by molar-refractivity contribution is -0.123. The molecule has 1 saturated heterocycles. The summed E-state index contributed by atoms with van der Waals surface area (Å²) < 4.78 is 12.1. The van der Waals surface area contributed by atoms with Gasteiger partial charge in [-0.15, -0.1) is 0 Å². The average Bonchev–Trinajstić information content (AvgIpc) is 3.14. The number of anilines is 1. The Bertz CT molecular complexity index is 1400. The van der Waals surface area contributed by atoms with Crippen LogP contribution in [0.25, 0.3) is 6.08 Å². The number of ether oxygens (including phenoxy) is 2. The molecule has 2 N–H and O–H groups in total. The van der Waals surface area contributed by atoms with Crippen molar-refractivity contribution in [3.05, 3.63) is 93.1 Å². The van der Waals surface area contributed by atoms with Crippen molar-refractivity contribution in [3.63, 3.8) is 0 Å². The number of nitrogens with one attached hydrogen (secondary N) is 2. The smallest absolute Gasteiger partial charge is 0.329 e. The van der Waals surface area contributed by atoms with Crippen LogP contribution in [0.4, 0.5) is 10.5 Å². The van der Waals surface area contributed by atoms with E-state index in [1.165, 1.54) is 4.90 Å². The van der Waals surface area contributed by atoms with E-state index >= 15 is 0 Å². The van der Waals surface area contributed by atoms with E-state index in [0.717, 1.165) is 16.7 Å². The highest BCUT2D eigenvalue weighted by atomic mass is 79.9. The summed E-state index contributed by atoms with van der Waals surface area (Å²) in [5, 5.41) is 5.44. The summed E-state index contributed by atoms with van der Waals surface area (Å²) in [5.74, 6) is 0.0305. The van der Waals surface area contributed by atoms with Crippen molar-refractivity contribution in [3.8, 4) is 11.5 Å². The van der Waals surface area contributed by atoms with E-state index < -0.39 is 11.9 Å². The van der Waals surface area contributed by atoms with Crippen LogP contribution in [0.15, 0.2) is 70.8 Å². The largest absolute Gasteiger partial charge is 0.490 e. The van der Waals surface area contributed by atoms with Crippen LogP contribution in [0, 0.1) is 13.8 Å². The Labute approximate surface area is 229 Å². The molecule has 4 amide bonds. The second kappa shape index (κ2) is 12.0. The molecule has 0 bridgehead atoms. The van der Waals surface area contributed by atoms with Crippen molar-refractivity contribution >= 4 is 45.5 Å². The molecule has 196 valence electrons. The molecule has 4 rings (SSSR count). The summed E-state index contributed by atoms with van der Waals surface area (Å²) in [6, 6.07) is 18.0. The number of rotatable bonds is 9. The van der Waals surface area contributed by atoms with Crippen LogP contribution in [-0.4, -0.2) is 36.0 Å². The summed E-state index contributed by atoms with van der Waals surface area (Å²) in [4.78, 5) is 39.1. The maximum atomic E-state index is 13.0. The van der Waals surface area contributed by atoms with Crippen LogP contribution in [0.3, 0.4) is 0 Å². The van der Waals surface area contributed by atoms with E-state index in [0.29, 0.717) is 33.8 Å². The fraction of sp³-hybridized carbons (Fsp3) is 0.207. The minimum Gasteiger partial charge on any atom is -0.490 e. The van der Waals surface area contributed by atoms with Gasteiger partial charge < -0.3 is 20.1 Å². The maximum absolute atomic E-state index is 13.0. The molecule has 1 aliphatic heterocycles. The normalized spacial score (nSPS) is 14.0. The molecule has 38 heavy (non-hydrogen) atoms. The second-order valence-corrected chi connectivity index (χ2v) is 9.68. The molecule has 0 aliphatic carbocycles. The Morgan fingerprint density at radius 3 is 2.45 bits per heavy atom. The van der Waals surface area contributed by atoms with Gasteiger partial charge in [-0.05, 0) is 62.2 Å². The Morgan fingerprint density at radius 2 is 1.74 bits per heavy atom. The van der Waals surface area contributed by atoms with Gasteiger partial charge in [0.1, 0.15) is 5.70 Å². The SMILES string of the molecule is CCOc1cc(/C=C2/NC(=O)N(Cc3cccc(C)c3)C2=O)c(Br)cc1OCC(=O)Nc1ccc(C)cc1. The number of halogens is 1. The number of amides is 4. The lowest BCUT2D eigenvalue weighted by atomic mass is 10.1. The van der Waals surface area contributed by atoms with Crippen LogP contribution in [-0.2, 0) is 16.1 Å². The molecule has 0 atom stereocenters. The molecule has 1 heterocycles. The summed E-state index contributed by atoms with van der Waals surface area (Å²) in [5.41, 5.74) is 4.44. The lowest BCUT2D eigenvalue weighted by Gasteiger charge is -2.14. The van der Waals surface area contributed by atoms with E-state index in [-0.39, 0.29) is 24.8 Å².